The molecule has 1 aromatic carbocycles. The van der Waals surface area contributed by atoms with Crippen molar-refractivity contribution >= 4 is 49.2 Å². The Bertz CT molecular complexity index is 542. The minimum absolute atomic E-state index is 0.0654. The van der Waals surface area contributed by atoms with Crippen LogP contribution in [0, 0.1) is 5.82 Å². The van der Waals surface area contributed by atoms with Crippen molar-refractivity contribution < 1.29 is 17.5 Å². The molecular weight excluding hydrogens is 384 g/mol. The molecule has 0 heterocycles. The van der Waals surface area contributed by atoms with Crippen molar-refractivity contribution in [2.75, 3.05) is 25.1 Å². The van der Waals surface area contributed by atoms with Crippen LogP contribution in [0.25, 0.3) is 0 Å². The summed E-state index contributed by atoms with van der Waals surface area (Å²) < 4.78 is 44.5. The molecule has 19 heavy (non-hydrogen) atoms. The van der Waals surface area contributed by atoms with Gasteiger partial charge >= 0.3 is 0 Å². The lowest BCUT2D eigenvalue weighted by Crippen LogP contribution is -2.28. The number of nitrogens with one attached hydrogen (secondary N) is 1. The van der Waals surface area contributed by atoms with E-state index in [1.807, 2.05) is 0 Å². The van der Waals surface area contributed by atoms with Gasteiger partial charge in [0.1, 0.15) is 4.90 Å². The van der Waals surface area contributed by atoms with Gasteiger partial charge in [0.25, 0.3) is 0 Å². The van der Waals surface area contributed by atoms with E-state index < -0.39 is 20.9 Å². The Morgan fingerprint density at radius 2 is 2.00 bits per heavy atom. The Kier molecular flexibility index (Phi) is 6.99. The minimum atomic E-state index is -3.89. The van der Waals surface area contributed by atoms with Gasteiger partial charge in [-0.3, -0.25) is 0 Å². The predicted molar refractivity (Wildman–Crippen MR) is 76.2 cm³/mol. The van der Waals surface area contributed by atoms with Crippen LogP contribution >= 0.6 is 39.1 Å². The summed E-state index contributed by atoms with van der Waals surface area (Å²) in [6, 6.07) is 2.29. The van der Waals surface area contributed by atoms with Gasteiger partial charge in [-0.2, -0.15) is 0 Å². The summed E-state index contributed by atoms with van der Waals surface area (Å²) in [5.74, 6) is -0.957. The molecule has 0 spiro atoms. The molecule has 1 aromatic rings. The maximum atomic E-state index is 13.4. The highest BCUT2D eigenvalue weighted by atomic mass is 79.9. The van der Waals surface area contributed by atoms with Crippen molar-refractivity contribution in [1.82, 2.24) is 4.72 Å². The molecule has 0 saturated heterocycles. The lowest BCUT2D eigenvalue weighted by atomic mass is 10.3. The number of ether oxygens (including phenoxy) is 1. The Morgan fingerprint density at radius 3 is 2.63 bits per heavy atom. The van der Waals surface area contributed by atoms with E-state index in [2.05, 4.69) is 20.7 Å². The quantitative estimate of drug-likeness (QED) is 0.439. The van der Waals surface area contributed by atoms with Crippen molar-refractivity contribution in [1.29, 1.82) is 0 Å². The van der Waals surface area contributed by atoms with Gasteiger partial charge in [-0.05, 0) is 12.1 Å². The molecule has 0 bridgehead atoms. The number of hydrogen-bond acceptors (Lipinski definition) is 3. The lowest BCUT2D eigenvalue weighted by Gasteiger charge is -2.09. The highest BCUT2D eigenvalue weighted by molar-refractivity contribution is 9.09. The molecule has 1 rings (SSSR count). The van der Waals surface area contributed by atoms with Gasteiger partial charge in [-0.25, -0.2) is 17.5 Å². The summed E-state index contributed by atoms with van der Waals surface area (Å²) in [5.41, 5.74) is 0. The van der Waals surface area contributed by atoms with E-state index in [-0.39, 0.29) is 23.1 Å². The van der Waals surface area contributed by atoms with Crippen LogP contribution in [0.2, 0.25) is 10.0 Å². The zero-order valence-electron chi connectivity index (χ0n) is 9.63. The Labute approximate surface area is 129 Å². The fraction of sp³-hybridized carbons (Fsp3) is 0.400. The molecule has 9 heteroatoms. The van der Waals surface area contributed by atoms with Crippen molar-refractivity contribution in [2.24, 2.45) is 0 Å². The first-order chi connectivity index (χ1) is 8.90. The van der Waals surface area contributed by atoms with Crippen LogP contribution < -0.4 is 4.72 Å². The maximum Gasteiger partial charge on any atom is 0.242 e. The van der Waals surface area contributed by atoms with E-state index >= 15 is 0 Å². The molecule has 108 valence electrons. The second-order valence-corrected chi connectivity index (χ2v) is 6.69. The Hall–Kier alpha value is 0.0800. The smallest absolute Gasteiger partial charge is 0.242 e. The van der Waals surface area contributed by atoms with E-state index in [9.17, 15) is 12.8 Å². The van der Waals surface area contributed by atoms with Crippen molar-refractivity contribution in [3.63, 3.8) is 0 Å². The van der Waals surface area contributed by atoms with E-state index in [1.165, 1.54) is 0 Å². The van der Waals surface area contributed by atoms with Gasteiger partial charge in [0.2, 0.25) is 10.0 Å². The maximum absolute atomic E-state index is 13.4. The standard InChI is InChI=1S/C10H11BrCl2FNO3S/c11-3-5-18-6-4-15-19(16,17)8-2-1-7(12)10(14)9(8)13/h1-2,15H,3-6H2. The highest BCUT2D eigenvalue weighted by Gasteiger charge is 2.21. The van der Waals surface area contributed by atoms with Crippen LogP contribution in [0.4, 0.5) is 4.39 Å². The summed E-state index contributed by atoms with van der Waals surface area (Å²) >= 11 is 14.3. The molecule has 0 saturated carbocycles. The molecule has 0 aliphatic carbocycles. The zero-order chi connectivity index (χ0) is 14.5. The summed E-state index contributed by atoms with van der Waals surface area (Å²) in [4.78, 5) is -0.350. The third kappa shape index (κ3) is 4.84. The topological polar surface area (TPSA) is 55.4 Å². The molecule has 0 radical (unpaired) electrons. The molecule has 0 aromatic heterocycles. The first kappa shape index (κ1) is 17.1. The lowest BCUT2D eigenvalue weighted by molar-refractivity contribution is 0.156. The van der Waals surface area contributed by atoms with Gasteiger partial charge in [0.05, 0.1) is 23.3 Å². The number of benzene rings is 1. The zero-order valence-corrected chi connectivity index (χ0v) is 13.5. The van der Waals surface area contributed by atoms with E-state index in [0.29, 0.717) is 11.9 Å². The third-order valence-corrected chi connectivity index (χ3v) is 4.65. The van der Waals surface area contributed by atoms with Gasteiger partial charge in [0, 0.05) is 11.9 Å². The fourth-order valence-electron chi connectivity index (χ4n) is 1.20. The van der Waals surface area contributed by atoms with Gasteiger partial charge in [0.15, 0.2) is 5.82 Å². The molecule has 0 fully saturated rings. The molecule has 0 amide bonds. The van der Waals surface area contributed by atoms with Gasteiger partial charge in [-0.15, -0.1) is 0 Å². The van der Waals surface area contributed by atoms with Gasteiger partial charge in [-0.1, -0.05) is 39.1 Å². The number of alkyl halides is 1. The van der Waals surface area contributed by atoms with Gasteiger partial charge < -0.3 is 4.74 Å². The second kappa shape index (κ2) is 7.75. The number of halogens is 4. The Morgan fingerprint density at radius 1 is 1.32 bits per heavy atom. The molecule has 0 atom stereocenters. The van der Waals surface area contributed by atoms with Crippen LogP contribution in [0.3, 0.4) is 0 Å². The third-order valence-electron chi connectivity index (χ3n) is 2.05. The average Bonchev–Trinajstić information content (AvgIpc) is 2.35. The van der Waals surface area contributed by atoms with E-state index in [4.69, 9.17) is 27.9 Å². The van der Waals surface area contributed by atoms with Crippen molar-refractivity contribution in [3.05, 3.63) is 28.0 Å². The molecule has 1 N–H and O–H groups in total. The summed E-state index contributed by atoms with van der Waals surface area (Å²) in [5, 5.41) is -0.0977. The van der Waals surface area contributed by atoms with E-state index in [0.717, 1.165) is 12.1 Å². The van der Waals surface area contributed by atoms with Crippen molar-refractivity contribution in [2.45, 2.75) is 4.90 Å². The SMILES string of the molecule is O=S(=O)(NCCOCCBr)c1ccc(Cl)c(F)c1Cl. The molecular formula is C10H11BrCl2FNO3S. The first-order valence-electron chi connectivity index (χ1n) is 5.17. The van der Waals surface area contributed by atoms with Crippen LogP contribution in [0.15, 0.2) is 17.0 Å². The second-order valence-electron chi connectivity index (χ2n) is 3.37. The summed E-state index contributed by atoms with van der Waals surface area (Å²) in [6.45, 7) is 0.743. The largest absolute Gasteiger partial charge is 0.379 e. The van der Waals surface area contributed by atoms with Crippen LogP contribution in [-0.4, -0.2) is 33.5 Å². The highest BCUT2D eigenvalue weighted by Crippen LogP contribution is 2.29. The normalized spacial score (nSPS) is 11.8. The first-order valence-corrected chi connectivity index (χ1v) is 8.53. The number of sulfonamides is 1. The molecule has 0 aliphatic heterocycles. The average molecular weight is 395 g/mol. The van der Waals surface area contributed by atoms with Crippen LogP contribution in [-0.2, 0) is 14.8 Å². The monoisotopic (exact) mass is 393 g/mol. The summed E-state index contributed by atoms with van der Waals surface area (Å²) in [6.07, 6.45) is 0. The van der Waals surface area contributed by atoms with E-state index in [1.54, 1.807) is 0 Å². The number of rotatable bonds is 7. The Balaban J connectivity index is 2.75. The minimum Gasteiger partial charge on any atom is -0.379 e. The summed E-state index contributed by atoms with van der Waals surface area (Å²) in [7, 11) is -3.89. The molecule has 0 unspecified atom stereocenters. The fourth-order valence-corrected chi connectivity index (χ4v) is 3.18. The molecule has 0 aliphatic rings. The predicted octanol–water partition coefficient (Wildman–Crippen LogP) is 2.82. The van der Waals surface area contributed by atoms with Crippen LogP contribution in [0.5, 0.6) is 0 Å². The van der Waals surface area contributed by atoms with Crippen molar-refractivity contribution in [3.8, 4) is 0 Å². The molecule has 4 nitrogen and oxygen atoms in total. The number of hydrogen-bond donors (Lipinski definition) is 1. The van der Waals surface area contributed by atoms with Crippen LogP contribution in [0.1, 0.15) is 0 Å².